The van der Waals surface area contributed by atoms with Gasteiger partial charge in [0.2, 0.25) is 5.91 Å². The number of ketones is 3. The van der Waals surface area contributed by atoms with E-state index in [1.165, 1.54) is 6.08 Å². The number of carbonyl (C=O) groups excluding carboxylic acids is 4. The molecule has 1 aliphatic rings. The molecular formula is C15H21NO4. The van der Waals surface area contributed by atoms with Gasteiger partial charge in [-0.1, -0.05) is 6.08 Å². The average molecular weight is 279 g/mol. The first-order chi connectivity index (χ1) is 9.58. The molecule has 0 atom stereocenters. The van der Waals surface area contributed by atoms with Crippen molar-refractivity contribution in [2.45, 2.75) is 51.4 Å². The standard InChI is InChI=1S/C15H21NO4/c17-12-4-1-2-11-16-15(20)10-9-14(19)6-3-5-13(18)8-7-12/h1,4H,2-3,5-11H2,(H,16,20). The number of rotatable bonds is 0. The fourth-order valence-electron chi connectivity index (χ4n) is 1.93. The molecule has 0 bridgehead atoms. The maximum atomic E-state index is 11.5. The van der Waals surface area contributed by atoms with Gasteiger partial charge in [0.25, 0.3) is 0 Å². The molecule has 1 rings (SSSR count). The third-order valence-electron chi connectivity index (χ3n) is 3.13. The number of hydrogen-bond acceptors (Lipinski definition) is 4. The van der Waals surface area contributed by atoms with Crippen LogP contribution in [-0.2, 0) is 19.2 Å². The zero-order valence-electron chi connectivity index (χ0n) is 11.7. The van der Waals surface area contributed by atoms with E-state index in [0.717, 1.165) is 0 Å². The molecule has 5 heteroatoms. The molecule has 0 saturated carbocycles. The molecule has 0 aromatic heterocycles. The average Bonchev–Trinajstić information content (AvgIpc) is 2.41. The second kappa shape index (κ2) is 9.18. The number of nitrogens with one attached hydrogen (secondary N) is 1. The third kappa shape index (κ3) is 7.61. The number of carbonyl (C=O) groups is 4. The van der Waals surface area contributed by atoms with Gasteiger partial charge in [-0.25, -0.2) is 0 Å². The zero-order chi connectivity index (χ0) is 14.8. The van der Waals surface area contributed by atoms with Gasteiger partial charge in [-0.15, -0.1) is 0 Å². The molecule has 0 aromatic carbocycles. The predicted molar refractivity (Wildman–Crippen MR) is 74.1 cm³/mol. The first kappa shape index (κ1) is 16.3. The highest BCUT2D eigenvalue weighted by molar-refractivity contribution is 5.93. The van der Waals surface area contributed by atoms with Crippen LogP contribution < -0.4 is 5.32 Å². The Bertz CT molecular complexity index is 412. The second-order valence-electron chi connectivity index (χ2n) is 4.94. The van der Waals surface area contributed by atoms with E-state index in [2.05, 4.69) is 5.32 Å². The first-order valence-corrected chi connectivity index (χ1v) is 7.07. The molecule has 110 valence electrons. The van der Waals surface area contributed by atoms with Crippen molar-refractivity contribution in [2.75, 3.05) is 6.54 Å². The van der Waals surface area contributed by atoms with E-state index in [4.69, 9.17) is 0 Å². The number of amides is 1. The van der Waals surface area contributed by atoms with Crippen molar-refractivity contribution in [3.05, 3.63) is 12.2 Å². The van der Waals surface area contributed by atoms with E-state index in [-0.39, 0.29) is 48.9 Å². The highest BCUT2D eigenvalue weighted by Gasteiger charge is 2.09. The molecule has 0 saturated heterocycles. The van der Waals surface area contributed by atoms with Crippen LogP contribution in [-0.4, -0.2) is 29.8 Å². The van der Waals surface area contributed by atoms with E-state index in [1.54, 1.807) is 6.08 Å². The summed E-state index contributed by atoms with van der Waals surface area (Å²) in [4.78, 5) is 45.9. The third-order valence-corrected chi connectivity index (χ3v) is 3.13. The number of Topliss-reactive ketones (excluding diaryl/α,β-unsaturated/α-hetero) is 2. The fraction of sp³-hybridized carbons (Fsp3) is 0.600. The van der Waals surface area contributed by atoms with Crippen LogP contribution >= 0.6 is 0 Å². The predicted octanol–water partition coefficient (Wildman–Crippen LogP) is 1.50. The Morgan fingerprint density at radius 3 is 2.15 bits per heavy atom. The molecule has 1 heterocycles. The Morgan fingerprint density at radius 1 is 0.800 bits per heavy atom. The topological polar surface area (TPSA) is 80.3 Å². The van der Waals surface area contributed by atoms with E-state index >= 15 is 0 Å². The van der Waals surface area contributed by atoms with Crippen LogP contribution in [0.4, 0.5) is 0 Å². The Hall–Kier alpha value is -1.78. The van der Waals surface area contributed by atoms with Gasteiger partial charge in [0.05, 0.1) is 0 Å². The van der Waals surface area contributed by atoms with Crippen molar-refractivity contribution in [3.63, 3.8) is 0 Å². The lowest BCUT2D eigenvalue weighted by atomic mass is 10.0. The Kier molecular flexibility index (Phi) is 7.47. The minimum Gasteiger partial charge on any atom is -0.356 e. The van der Waals surface area contributed by atoms with Crippen molar-refractivity contribution in [2.24, 2.45) is 0 Å². The van der Waals surface area contributed by atoms with Crippen molar-refractivity contribution >= 4 is 23.3 Å². The summed E-state index contributed by atoms with van der Waals surface area (Å²) in [5.41, 5.74) is 0. The van der Waals surface area contributed by atoms with E-state index in [0.29, 0.717) is 32.2 Å². The molecule has 1 N–H and O–H groups in total. The fourth-order valence-corrected chi connectivity index (χ4v) is 1.93. The van der Waals surface area contributed by atoms with Gasteiger partial charge in [-0.05, 0) is 18.9 Å². The van der Waals surface area contributed by atoms with Crippen molar-refractivity contribution in [1.82, 2.24) is 5.32 Å². The van der Waals surface area contributed by atoms with Gasteiger partial charge < -0.3 is 5.32 Å². The molecule has 0 spiro atoms. The monoisotopic (exact) mass is 279 g/mol. The lowest BCUT2D eigenvalue weighted by Gasteiger charge is -2.04. The highest BCUT2D eigenvalue weighted by atomic mass is 16.2. The Balaban J connectivity index is 2.50. The lowest BCUT2D eigenvalue weighted by Crippen LogP contribution is -2.24. The van der Waals surface area contributed by atoms with Gasteiger partial charge >= 0.3 is 0 Å². The molecular weight excluding hydrogens is 258 g/mol. The van der Waals surface area contributed by atoms with Gasteiger partial charge in [0, 0.05) is 45.1 Å². The van der Waals surface area contributed by atoms with Crippen LogP contribution in [0.15, 0.2) is 12.2 Å². The van der Waals surface area contributed by atoms with Gasteiger partial charge in [0.1, 0.15) is 11.6 Å². The van der Waals surface area contributed by atoms with Crippen LogP contribution in [0.1, 0.15) is 51.4 Å². The van der Waals surface area contributed by atoms with Crippen LogP contribution in [0.25, 0.3) is 0 Å². The molecule has 1 aliphatic heterocycles. The second-order valence-corrected chi connectivity index (χ2v) is 4.94. The van der Waals surface area contributed by atoms with Crippen molar-refractivity contribution in [1.29, 1.82) is 0 Å². The Labute approximate surface area is 118 Å². The van der Waals surface area contributed by atoms with Crippen LogP contribution in [0, 0.1) is 0 Å². The van der Waals surface area contributed by atoms with Crippen LogP contribution in [0.5, 0.6) is 0 Å². The first-order valence-electron chi connectivity index (χ1n) is 7.07. The maximum absolute atomic E-state index is 11.5. The highest BCUT2D eigenvalue weighted by Crippen LogP contribution is 2.06. The molecule has 0 radical (unpaired) electrons. The molecule has 0 unspecified atom stereocenters. The van der Waals surface area contributed by atoms with Crippen molar-refractivity contribution < 1.29 is 19.2 Å². The van der Waals surface area contributed by atoms with Gasteiger partial charge in [-0.3, -0.25) is 19.2 Å². The van der Waals surface area contributed by atoms with E-state index in [1.807, 2.05) is 0 Å². The van der Waals surface area contributed by atoms with Crippen molar-refractivity contribution in [3.8, 4) is 0 Å². The quantitative estimate of drug-likeness (QED) is 0.728. The summed E-state index contributed by atoms with van der Waals surface area (Å²) >= 11 is 0. The van der Waals surface area contributed by atoms with Gasteiger partial charge in [-0.2, -0.15) is 0 Å². The summed E-state index contributed by atoms with van der Waals surface area (Å²) in [6.45, 7) is 0.454. The largest absolute Gasteiger partial charge is 0.356 e. The molecule has 1 amide bonds. The smallest absolute Gasteiger partial charge is 0.220 e. The molecule has 0 fully saturated rings. The normalized spacial score (nSPS) is 20.8. The summed E-state index contributed by atoms with van der Waals surface area (Å²) in [5, 5.41) is 2.70. The minimum atomic E-state index is -0.152. The Morgan fingerprint density at radius 2 is 1.45 bits per heavy atom. The number of hydrogen-bond donors (Lipinski definition) is 1. The molecule has 5 nitrogen and oxygen atoms in total. The van der Waals surface area contributed by atoms with Gasteiger partial charge in [0.15, 0.2) is 5.78 Å². The lowest BCUT2D eigenvalue weighted by molar-refractivity contribution is -0.125. The van der Waals surface area contributed by atoms with E-state index in [9.17, 15) is 19.2 Å². The summed E-state index contributed by atoms with van der Waals surface area (Å²) in [6.07, 6.45) is 5.77. The summed E-state index contributed by atoms with van der Waals surface area (Å²) < 4.78 is 0. The zero-order valence-corrected chi connectivity index (χ0v) is 11.7. The van der Waals surface area contributed by atoms with Crippen LogP contribution in [0.2, 0.25) is 0 Å². The number of allylic oxidation sites excluding steroid dienone is 1. The van der Waals surface area contributed by atoms with E-state index < -0.39 is 0 Å². The SMILES string of the molecule is O=C1C=CCCNC(=O)CCC(=O)CCCC(=O)CC1. The molecule has 0 aliphatic carbocycles. The van der Waals surface area contributed by atoms with Crippen LogP contribution in [0.3, 0.4) is 0 Å². The molecule has 0 aromatic rings. The summed E-state index contributed by atoms with van der Waals surface area (Å²) in [6, 6.07) is 0. The summed E-state index contributed by atoms with van der Waals surface area (Å²) in [5.74, 6) is -0.200. The minimum absolute atomic E-state index is 0.0102. The molecule has 20 heavy (non-hydrogen) atoms. The summed E-state index contributed by atoms with van der Waals surface area (Å²) in [7, 11) is 0. The maximum Gasteiger partial charge on any atom is 0.220 e.